The number of benzene rings is 1. The third kappa shape index (κ3) is 5.77. The molecule has 1 atom stereocenters. The largest absolute Gasteiger partial charge is 2.00 e. The van der Waals surface area contributed by atoms with Crippen LogP contribution >= 0.6 is 0 Å². The van der Waals surface area contributed by atoms with Gasteiger partial charge in [-0.15, -0.1) is 0 Å². The molecule has 1 rings (SSSR count). The zero-order valence-electron chi connectivity index (χ0n) is 10.4. The van der Waals surface area contributed by atoms with Crippen molar-refractivity contribution < 1.29 is 63.7 Å². The quantitative estimate of drug-likeness (QED) is 0.681. The molecule has 0 aliphatic carbocycles. The van der Waals surface area contributed by atoms with Crippen molar-refractivity contribution in [2.75, 3.05) is 0 Å². The molecule has 1 aromatic carbocycles. The van der Waals surface area contributed by atoms with Gasteiger partial charge in [0.25, 0.3) is 0 Å². The van der Waals surface area contributed by atoms with Crippen LogP contribution in [-0.2, 0) is 58.6 Å². The van der Waals surface area contributed by atoms with E-state index in [-0.39, 0.29) is 66.1 Å². The van der Waals surface area contributed by atoms with Gasteiger partial charge in [0.15, 0.2) is 0 Å². The molecule has 0 amide bonds. The maximum Gasteiger partial charge on any atom is 2.00 e. The first-order chi connectivity index (χ1) is 6.91. The smallest absolute Gasteiger partial charge is 0.481 e. The van der Waals surface area contributed by atoms with Gasteiger partial charge in [0.2, 0.25) is 0 Å². The fourth-order valence-corrected chi connectivity index (χ4v) is 1.52. The molecule has 0 bridgehead atoms. The molecule has 0 spiro atoms. The van der Waals surface area contributed by atoms with Gasteiger partial charge in [-0.25, -0.2) is 0 Å². The van der Waals surface area contributed by atoms with E-state index >= 15 is 0 Å². The number of aryl methyl sites for hydroxylation is 2. The van der Waals surface area contributed by atoms with E-state index in [0.717, 1.165) is 11.1 Å². The number of aliphatic carboxylic acids is 1. The molecule has 2 nitrogen and oxygen atoms in total. The van der Waals surface area contributed by atoms with E-state index in [1.807, 2.05) is 26.8 Å². The summed E-state index contributed by atoms with van der Waals surface area (Å²) in [6, 6.07) is 5.17. The molecule has 0 aromatic heterocycles. The molecule has 1 unspecified atom stereocenters. The Morgan fingerprint density at radius 1 is 1.47 bits per heavy atom. The summed E-state index contributed by atoms with van der Waals surface area (Å²) in [5.41, 5.74) is 4.34. The molecule has 0 aliphatic heterocycles. The minimum atomic E-state index is -0.820. The molecule has 1 aromatic rings. The average molecular weight is 477 g/mol. The van der Waals surface area contributed by atoms with Crippen LogP contribution in [0.25, 0.3) is 0 Å². The Kier molecular flexibility index (Phi) is 9.98. The fourth-order valence-electron chi connectivity index (χ4n) is 1.52. The summed E-state index contributed by atoms with van der Waals surface area (Å²) in [5, 5.41) is 8.68. The number of carboxylic acids is 1. The second kappa shape index (κ2) is 8.56. The molecule has 1 radical (unpaired) electrons. The Hall–Kier alpha value is 0.482. The normalized spacial score (nSPS) is 11.1. The summed E-state index contributed by atoms with van der Waals surface area (Å²) in [5.74, 6) is -1.04. The Morgan fingerprint density at radius 3 is 2.41 bits per heavy atom. The van der Waals surface area contributed by atoms with Gasteiger partial charge in [-0.05, 0) is 0 Å². The van der Waals surface area contributed by atoms with Crippen LogP contribution < -0.4 is 0 Å². The monoisotopic (exact) mass is 477 g/mol. The van der Waals surface area contributed by atoms with Gasteiger partial charge >= 0.3 is 27.0 Å². The molecule has 0 saturated carbocycles. The van der Waals surface area contributed by atoms with E-state index in [1.165, 1.54) is 11.1 Å². The van der Waals surface area contributed by atoms with E-state index in [2.05, 4.69) is 13.0 Å². The van der Waals surface area contributed by atoms with Crippen molar-refractivity contribution >= 4 is 5.97 Å². The Labute approximate surface area is 143 Å². The number of hydrogen-bond donors (Lipinski definition) is 1. The maximum atomic E-state index is 10.6. The van der Waals surface area contributed by atoms with Crippen molar-refractivity contribution in [2.45, 2.75) is 33.1 Å². The first-order valence-electron chi connectivity index (χ1n) is 4.96. The van der Waals surface area contributed by atoms with E-state index in [9.17, 15) is 4.79 Å². The second-order valence-electron chi connectivity index (χ2n) is 3.95. The van der Waals surface area contributed by atoms with Gasteiger partial charge in [0.1, 0.15) is 0 Å². The van der Waals surface area contributed by atoms with Gasteiger partial charge in [-0.1, -0.05) is 20.8 Å². The van der Waals surface area contributed by atoms with Crippen LogP contribution in [0.4, 0.5) is 0 Å². The van der Waals surface area contributed by atoms with Crippen molar-refractivity contribution in [1.29, 1.82) is 0 Å². The summed E-state index contributed by atoms with van der Waals surface area (Å²) in [4.78, 5) is 10.6. The first-order valence-corrected chi connectivity index (χ1v) is 4.96. The second-order valence-corrected chi connectivity index (χ2v) is 3.95. The van der Waals surface area contributed by atoms with Gasteiger partial charge in [-0.3, -0.25) is 4.79 Å². The predicted octanol–water partition coefficient (Wildman–Crippen LogP) is 2.80. The molecule has 0 saturated heterocycles. The Balaban J connectivity index is 0. The minimum Gasteiger partial charge on any atom is -0.481 e. The van der Waals surface area contributed by atoms with Crippen molar-refractivity contribution in [3.8, 4) is 0 Å². The van der Waals surface area contributed by atoms with Gasteiger partial charge < -0.3 is 12.0 Å². The van der Waals surface area contributed by atoms with Crippen LogP contribution in [0.1, 0.15) is 34.6 Å². The molecular weight excluding hydrogens is 461 g/mol. The summed E-state index contributed by atoms with van der Waals surface area (Å²) in [7, 11) is 0. The van der Waals surface area contributed by atoms with Crippen LogP contribution in [0.3, 0.4) is 0 Å². The summed E-state index contributed by atoms with van der Waals surface area (Å²) >= 11 is 0. The predicted molar refractivity (Wildman–Crippen MR) is 59.8 cm³/mol. The van der Waals surface area contributed by atoms with Crippen LogP contribution in [0.2, 0.25) is 0 Å². The molecule has 4 heteroatoms. The Morgan fingerprint density at radius 2 is 2.00 bits per heavy atom. The Bertz CT molecular complexity index is 368. The molecule has 0 heterocycles. The van der Waals surface area contributed by atoms with Crippen molar-refractivity contribution in [1.82, 2.24) is 0 Å². The van der Waals surface area contributed by atoms with Gasteiger partial charge in [0.05, 0.1) is 0 Å². The summed E-state index contributed by atoms with van der Waals surface area (Å²) in [6.45, 7) is 9.90. The fraction of sp³-hybridized carbons (Fsp3) is 0.385. The standard InChI is InChI=1S/C13H16O2.W.Y/c1-8-5-12(6-9(2)11(8)4)10(3)7-13(14)15;;/h5,10H,3,7H2,1-2,4H3,(H,14,15);;/q-2;+2;. The topological polar surface area (TPSA) is 37.3 Å². The van der Waals surface area contributed by atoms with Crippen molar-refractivity contribution in [2.24, 2.45) is 0 Å². The number of hydrogen-bond acceptors (Lipinski definition) is 1. The van der Waals surface area contributed by atoms with Crippen LogP contribution in [0, 0.1) is 33.8 Å². The maximum absolute atomic E-state index is 10.6. The van der Waals surface area contributed by atoms with Crippen LogP contribution in [0.15, 0.2) is 6.07 Å². The summed E-state index contributed by atoms with van der Waals surface area (Å²) in [6.07, 6.45) is 0.0540. The summed E-state index contributed by atoms with van der Waals surface area (Å²) < 4.78 is 0. The number of carbonyl (C=O) groups is 1. The molecule has 89 valence electrons. The zero-order valence-corrected chi connectivity index (χ0v) is 16.2. The first kappa shape index (κ1) is 19.8. The van der Waals surface area contributed by atoms with E-state index in [0.29, 0.717) is 0 Å². The molecule has 17 heavy (non-hydrogen) atoms. The molecular formula is C13H16O2WY. The van der Waals surface area contributed by atoms with Crippen molar-refractivity contribution in [3.63, 3.8) is 0 Å². The van der Waals surface area contributed by atoms with Crippen LogP contribution in [0.5, 0.6) is 0 Å². The van der Waals surface area contributed by atoms with E-state index < -0.39 is 5.97 Å². The van der Waals surface area contributed by atoms with Gasteiger partial charge in [0, 0.05) is 39.1 Å². The van der Waals surface area contributed by atoms with E-state index in [4.69, 9.17) is 5.11 Å². The average Bonchev–Trinajstić information content (AvgIpc) is 2.12. The van der Waals surface area contributed by atoms with Crippen molar-refractivity contribution in [3.05, 3.63) is 41.3 Å². The third-order valence-corrected chi connectivity index (χ3v) is 2.72. The zero-order chi connectivity index (χ0) is 11.6. The van der Waals surface area contributed by atoms with Crippen LogP contribution in [-0.4, -0.2) is 11.1 Å². The molecule has 1 N–H and O–H groups in total. The SMILES string of the molecule is [CH2-]C(CC(=O)O)c1[c-]c(C)c(C)c(C)c1.[W+2].[Y]. The number of rotatable bonds is 3. The third-order valence-electron chi connectivity index (χ3n) is 2.72. The van der Waals surface area contributed by atoms with E-state index in [1.54, 1.807) is 0 Å². The van der Waals surface area contributed by atoms with Gasteiger partial charge in [-0.2, -0.15) is 40.3 Å². The molecule has 0 fully saturated rings. The molecule has 0 aliphatic rings. The number of carboxylic acid groups (broad SMARTS) is 1. The minimum absolute atomic E-state index is 0.